The maximum Gasteiger partial charge on any atom is 0.271 e. The maximum atomic E-state index is 11.8. The molecule has 1 amide bonds. The highest BCUT2D eigenvalue weighted by atomic mass is 79.9. The lowest BCUT2D eigenvalue weighted by Gasteiger charge is -1.99. The normalized spacial score (nSPS) is 10.2. The van der Waals surface area contributed by atoms with Crippen molar-refractivity contribution in [3.63, 3.8) is 0 Å². The smallest absolute Gasteiger partial charge is 0.267 e. The minimum Gasteiger partial charge on any atom is -0.267 e. The third kappa shape index (κ3) is 3.81. The molecule has 0 aromatic heterocycles. The molecule has 0 aliphatic heterocycles. The second kappa shape index (κ2) is 6.69. The predicted molar refractivity (Wildman–Crippen MR) is 83.6 cm³/mol. The van der Waals surface area contributed by atoms with Gasteiger partial charge < -0.3 is 0 Å². The molecule has 2 aromatic carbocycles. The van der Waals surface area contributed by atoms with Crippen LogP contribution in [0.1, 0.15) is 21.5 Å². The van der Waals surface area contributed by atoms with Gasteiger partial charge in [-0.05, 0) is 42.0 Å². The first-order valence-electron chi connectivity index (χ1n) is 5.84. The first kappa shape index (κ1) is 14.0. The van der Waals surface area contributed by atoms with Crippen molar-refractivity contribution < 1.29 is 4.79 Å². The number of hydrogen-bond acceptors (Lipinski definition) is 2. The minimum atomic E-state index is -0.256. The minimum absolute atomic E-state index is 0.256. The third-order valence-corrected chi connectivity index (χ3v) is 3.09. The van der Waals surface area contributed by atoms with E-state index in [0.717, 1.165) is 15.6 Å². The van der Waals surface area contributed by atoms with Crippen LogP contribution in [0.2, 0.25) is 0 Å². The summed E-state index contributed by atoms with van der Waals surface area (Å²) in [6, 6.07) is 14.4. The number of hydrazone groups is 1. The van der Waals surface area contributed by atoms with Gasteiger partial charge in [0.1, 0.15) is 0 Å². The fourth-order valence-electron chi connectivity index (χ4n) is 1.50. The van der Waals surface area contributed by atoms with E-state index in [1.807, 2.05) is 24.3 Å². The van der Waals surface area contributed by atoms with E-state index in [1.165, 1.54) is 0 Å². The van der Waals surface area contributed by atoms with Gasteiger partial charge in [0.2, 0.25) is 0 Å². The zero-order chi connectivity index (χ0) is 14.4. The van der Waals surface area contributed by atoms with E-state index in [1.54, 1.807) is 30.5 Å². The molecule has 0 saturated heterocycles. The molecule has 0 heterocycles. The molecule has 2 aromatic rings. The van der Waals surface area contributed by atoms with E-state index in [-0.39, 0.29) is 5.91 Å². The van der Waals surface area contributed by atoms with Crippen LogP contribution < -0.4 is 5.43 Å². The Balaban J connectivity index is 1.97. The van der Waals surface area contributed by atoms with Crippen LogP contribution in [0.25, 0.3) is 0 Å². The summed E-state index contributed by atoms with van der Waals surface area (Å²) in [6.45, 7) is 0. The molecule has 0 aliphatic rings. The highest BCUT2D eigenvalue weighted by molar-refractivity contribution is 9.10. The summed E-state index contributed by atoms with van der Waals surface area (Å²) in [5.41, 5.74) is 4.69. The lowest BCUT2D eigenvalue weighted by atomic mass is 10.1. The second-order valence-electron chi connectivity index (χ2n) is 3.97. The van der Waals surface area contributed by atoms with Gasteiger partial charge in [0.05, 0.1) is 6.21 Å². The Labute approximate surface area is 125 Å². The van der Waals surface area contributed by atoms with Gasteiger partial charge in [-0.2, -0.15) is 5.10 Å². The molecule has 0 fully saturated rings. The number of rotatable bonds is 3. The lowest BCUT2D eigenvalue weighted by molar-refractivity contribution is 0.0955. The van der Waals surface area contributed by atoms with Crippen LogP contribution in [0.15, 0.2) is 58.1 Å². The Hall–Kier alpha value is -2.38. The summed E-state index contributed by atoms with van der Waals surface area (Å²) >= 11 is 3.31. The standard InChI is InChI=1S/C16H11BrN2O/c1-2-12-3-5-13(6-4-12)11-18-19-16(20)14-7-9-15(17)10-8-14/h1,3-11H,(H,19,20)/b18-11+. The Bertz CT molecular complexity index is 667. The average Bonchev–Trinajstić information content (AvgIpc) is 2.48. The maximum absolute atomic E-state index is 11.8. The summed E-state index contributed by atoms with van der Waals surface area (Å²) in [7, 11) is 0. The molecule has 0 aliphatic carbocycles. The van der Waals surface area contributed by atoms with Gasteiger partial charge in [0.25, 0.3) is 5.91 Å². The van der Waals surface area contributed by atoms with Gasteiger partial charge in [0, 0.05) is 15.6 Å². The van der Waals surface area contributed by atoms with Crippen LogP contribution in [-0.4, -0.2) is 12.1 Å². The number of carbonyl (C=O) groups excluding carboxylic acids is 1. The molecule has 0 atom stereocenters. The Kier molecular flexibility index (Phi) is 4.70. The van der Waals surface area contributed by atoms with Crippen molar-refractivity contribution in [3.05, 3.63) is 69.7 Å². The number of hydrogen-bond donors (Lipinski definition) is 1. The Morgan fingerprint density at radius 2 is 1.80 bits per heavy atom. The molecule has 98 valence electrons. The average molecular weight is 327 g/mol. The van der Waals surface area contributed by atoms with Crippen LogP contribution in [0.5, 0.6) is 0 Å². The van der Waals surface area contributed by atoms with Gasteiger partial charge in [-0.1, -0.05) is 34.0 Å². The molecular weight excluding hydrogens is 316 g/mol. The number of carbonyl (C=O) groups is 1. The summed E-state index contributed by atoms with van der Waals surface area (Å²) in [6.07, 6.45) is 6.84. The van der Waals surface area contributed by atoms with Crippen molar-refractivity contribution >= 4 is 28.1 Å². The van der Waals surface area contributed by atoms with Crippen molar-refractivity contribution in [1.29, 1.82) is 0 Å². The molecule has 0 bridgehead atoms. The summed E-state index contributed by atoms with van der Waals surface area (Å²) in [5.74, 6) is 2.28. The number of halogens is 1. The van der Waals surface area contributed by atoms with E-state index < -0.39 is 0 Å². The first-order valence-corrected chi connectivity index (χ1v) is 6.64. The lowest BCUT2D eigenvalue weighted by Crippen LogP contribution is -2.17. The van der Waals surface area contributed by atoms with Crippen LogP contribution in [0, 0.1) is 12.3 Å². The fraction of sp³-hybridized carbons (Fsp3) is 0. The van der Waals surface area contributed by atoms with Crippen LogP contribution >= 0.6 is 15.9 Å². The highest BCUT2D eigenvalue weighted by Gasteiger charge is 2.02. The van der Waals surface area contributed by atoms with Gasteiger partial charge in [-0.15, -0.1) is 6.42 Å². The molecule has 3 nitrogen and oxygen atoms in total. The van der Waals surface area contributed by atoms with Crippen molar-refractivity contribution in [2.75, 3.05) is 0 Å². The molecule has 0 saturated carbocycles. The second-order valence-corrected chi connectivity index (χ2v) is 4.89. The fourth-order valence-corrected chi connectivity index (χ4v) is 1.76. The van der Waals surface area contributed by atoms with Gasteiger partial charge in [-0.3, -0.25) is 4.79 Å². The molecule has 1 N–H and O–H groups in total. The largest absolute Gasteiger partial charge is 0.271 e. The Morgan fingerprint density at radius 1 is 1.15 bits per heavy atom. The molecule has 0 unspecified atom stereocenters. The van der Waals surface area contributed by atoms with Crippen molar-refractivity contribution in [3.8, 4) is 12.3 Å². The number of nitrogens with one attached hydrogen (secondary N) is 1. The number of terminal acetylenes is 1. The first-order chi connectivity index (χ1) is 9.69. The molecule has 20 heavy (non-hydrogen) atoms. The summed E-state index contributed by atoms with van der Waals surface area (Å²) < 4.78 is 0.922. The van der Waals surface area contributed by atoms with Crippen LogP contribution in [-0.2, 0) is 0 Å². The highest BCUT2D eigenvalue weighted by Crippen LogP contribution is 2.10. The topological polar surface area (TPSA) is 41.5 Å². The van der Waals surface area contributed by atoms with E-state index >= 15 is 0 Å². The number of amides is 1. The van der Waals surface area contributed by atoms with Gasteiger partial charge in [-0.25, -0.2) is 5.43 Å². The van der Waals surface area contributed by atoms with Crippen LogP contribution in [0.3, 0.4) is 0 Å². The molecule has 0 radical (unpaired) electrons. The molecule has 2 rings (SSSR count). The predicted octanol–water partition coefficient (Wildman–Crippen LogP) is 3.19. The molecule has 4 heteroatoms. The summed E-state index contributed by atoms with van der Waals surface area (Å²) in [5, 5.41) is 3.91. The zero-order valence-electron chi connectivity index (χ0n) is 10.5. The van der Waals surface area contributed by atoms with Crippen LogP contribution in [0.4, 0.5) is 0 Å². The van der Waals surface area contributed by atoms with Crippen molar-refractivity contribution in [2.24, 2.45) is 5.10 Å². The van der Waals surface area contributed by atoms with E-state index in [9.17, 15) is 4.79 Å². The number of nitrogens with zero attached hydrogens (tertiary/aromatic N) is 1. The van der Waals surface area contributed by atoms with E-state index in [2.05, 4.69) is 32.4 Å². The zero-order valence-corrected chi connectivity index (χ0v) is 12.1. The van der Waals surface area contributed by atoms with Gasteiger partial charge in [0.15, 0.2) is 0 Å². The monoisotopic (exact) mass is 326 g/mol. The molecule has 0 spiro atoms. The summed E-state index contributed by atoms with van der Waals surface area (Å²) in [4.78, 5) is 11.8. The van der Waals surface area contributed by atoms with Gasteiger partial charge >= 0.3 is 0 Å². The SMILES string of the molecule is C#Cc1ccc(/C=N/NC(=O)c2ccc(Br)cc2)cc1. The quantitative estimate of drug-likeness (QED) is 0.525. The number of benzene rings is 2. The van der Waals surface area contributed by atoms with Crippen molar-refractivity contribution in [1.82, 2.24) is 5.43 Å². The Morgan fingerprint density at radius 3 is 2.40 bits per heavy atom. The van der Waals surface area contributed by atoms with Crippen molar-refractivity contribution in [2.45, 2.75) is 0 Å². The third-order valence-electron chi connectivity index (χ3n) is 2.56. The van der Waals surface area contributed by atoms with E-state index in [0.29, 0.717) is 5.56 Å². The van der Waals surface area contributed by atoms with E-state index in [4.69, 9.17) is 6.42 Å². The molecular formula is C16H11BrN2O.